The van der Waals surface area contributed by atoms with Crippen LogP contribution in [0.3, 0.4) is 0 Å². The minimum absolute atomic E-state index is 0.175. The highest BCUT2D eigenvalue weighted by molar-refractivity contribution is 7.92. The van der Waals surface area contributed by atoms with Crippen LogP contribution in [0.2, 0.25) is 0 Å². The molecule has 7 nitrogen and oxygen atoms in total. The minimum atomic E-state index is -3.98. The molecule has 0 aliphatic heterocycles. The summed E-state index contributed by atoms with van der Waals surface area (Å²) in [6.07, 6.45) is 0.867. The SMILES string of the molecule is COc1ccc(NC(=O)[C@H](C)N(c2ccc(F)c(F)c2)S(C)(=O)=O)c(OC)c1. The molecule has 0 bridgehead atoms. The number of halogens is 2. The van der Waals surface area contributed by atoms with Crippen LogP contribution in [0.5, 0.6) is 11.5 Å². The third-order valence-electron chi connectivity index (χ3n) is 3.91. The van der Waals surface area contributed by atoms with Crippen molar-refractivity contribution in [1.82, 2.24) is 0 Å². The second kappa shape index (κ2) is 8.42. The maximum atomic E-state index is 13.6. The smallest absolute Gasteiger partial charge is 0.248 e. The van der Waals surface area contributed by atoms with Gasteiger partial charge in [-0.05, 0) is 31.2 Å². The van der Waals surface area contributed by atoms with E-state index in [9.17, 15) is 22.0 Å². The van der Waals surface area contributed by atoms with Gasteiger partial charge in [-0.15, -0.1) is 0 Å². The Morgan fingerprint density at radius 3 is 2.29 bits per heavy atom. The van der Waals surface area contributed by atoms with Gasteiger partial charge in [-0.2, -0.15) is 0 Å². The molecule has 0 spiro atoms. The highest BCUT2D eigenvalue weighted by atomic mass is 32.2. The lowest BCUT2D eigenvalue weighted by molar-refractivity contribution is -0.116. The van der Waals surface area contributed by atoms with E-state index in [1.807, 2.05) is 0 Å². The van der Waals surface area contributed by atoms with E-state index >= 15 is 0 Å². The number of benzene rings is 2. The molecule has 1 N–H and O–H groups in total. The van der Waals surface area contributed by atoms with Gasteiger partial charge in [0.2, 0.25) is 15.9 Å². The lowest BCUT2D eigenvalue weighted by Crippen LogP contribution is -2.45. The Bertz CT molecular complexity index is 982. The van der Waals surface area contributed by atoms with Gasteiger partial charge in [0, 0.05) is 12.1 Å². The number of nitrogens with zero attached hydrogens (tertiary/aromatic N) is 1. The summed E-state index contributed by atoms with van der Waals surface area (Å²) in [6, 6.07) is 6.00. The summed E-state index contributed by atoms with van der Waals surface area (Å²) in [5.74, 6) is -2.24. The van der Waals surface area contributed by atoms with Crippen molar-refractivity contribution < 1.29 is 31.5 Å². The fourth-order valence-electron chi connectivity index (χ4n) is 2.57. The van der Waals surface area contributed by atoms with Gasteiger partial charge < -0.3 is 14.8 Å². The predicted molar refractivity (Wildman–Crippen MR) is 101 cm³/mol. The van der Waals surface area contributed by atoms with Gasteiger partial charge in [-0.25, -0.2) is 17.2 Å². The average molecular weight is 414 g/mol. The van der Waals surface area contributed by atoms with E-state index in [-0.39, 0.29) is 5.69 Å². The first kappa shape index (κ1) is 21.4. The summed E-state index contributed by atoms with van der Waals surface area (Å²) < 4.78 is 62.2. The van der Waals surface area contributed by atoms with Crippen molar-refractivity contribution >= 4 is 27.3 Å². The Morgan fingerprint density at radius 1 is 1.07 bits per heavy atom. The number of carbonyl (C=O) groups is 1. The monoisotopic (exact) mass is 414 g/mol. The molecular formula is C18H20F2N2O5S. The first-order valence-corrected chi connectivity index (χ1v) is 9.90. The second-order valence-corrected chi connectivity index (χ2v) is 7.75. The zero-order valence-electron chi connectivity index (χ0n) is 15.7. The highest BCUT2D eigenvalue weighted by Crippen LogP contribution is 2.30. The second-order valence-electron chi connectivity index (χ2n) is 5.89. The Morgan fingerprint density at radius 2 is 1.75 bits per heavy atom. The molecule has 0 heterocycles. The van der Waals surface area contributed by atoms with Crippen molar-refractivity contribution in [3.05, 3.63) is 48.0 Å². The maximum Gasteiger partial charge on any atom is 0.248 e. The van der Waals surface area contributed by atoms with Crippen LogP contribution in [0.1, 0.15) is 6.92 Å². The van der Waals surface area contributed by atoms with Crippen molar-refractivity contribution in [3.63, 3.8) is 0 Å². The molecule has 0 unspecified atom stereocenters. The van der Waals surface area contributed by atoms with Crippen molar-refractivity contribution in [2.45, 2.75) is 13.0 Å². The number of methoxy groups -OCH3 is 2. The van der Waals surface area contributed by atoms with E-state index in [4.69, 9.17) is 9.47 Å². The number of anilines is 2. The van der Waals surface area contributed by atoms with Crippen LogP contribution in [0.25, 0.3) is 0 Å². The zero-order chi connectivity index (χ0) is 21.1. The minimum Gasteiger partial charge on any atom is -0.497 e. The molecule has 0 aliphatic rings. The van der Waals surface area contributed by atoms with Gasteiger partial charge in [0.1, 0.15) is 17.5 Å². The third-order valence-corrected chi connectivity index (χ3v) is 5.15. The van der Waals surface area contributed by atoms with Gasteiger partial charge in [-0.1, -0.05) is 0 Å². The molecule has 2 aromatic rings. The Balaban J connectivity index is 2.36. The Kier molecular flexibility index (Phi) is 6.45. The van der Waals surface area contributed by atoms with E-state index in [2.05, 4.69) is 5.32 Å². The summed E-state index contributed by atoms with van der Waals surface area (Å²) in [7, 11) is -1.10. The van der Waals surface area contributed by atoms with E-state index < -0.39 is 33.6 Å². The lowest BCUT2D eigenvalue weighted by atomic mass is 10.2. The normalized spacial score (nSPS) is 12.2. The topological polar surface area (TPSA) is 84.9 Å². The molecule has 10 heteroatoms. The summed E-state index contributed by atoms with van der Waals surface area (Å²) in [5, 5.41) is 2.57. The van der Waals surface area contributed by atoms with E-state index in [1.54, 1.807) is 12.1 Å². The van der Waals surface area contributed by atoms with Crippen molar-refractivity contribution in [1.29, 1.82) is 0 Å². The van der Waals surface area contributed by atoms with Gasteiger partial charge in [-0.3, -0.25) is 9.10 Å². The van der Waals surface area contributed by atoms with Crippen LogP contribution in [-0.2, 0) is 14.8 Å². The van der Waals surface area contributed by atoms with Crippen molar-refractivity contribution in [2.75, 3.05) is 30.1 Å². The zero-order valence-corrected chi connectivity index (χ0v) is 16.5. The molecule has 1 atom stereocenters. The number of sulfonamides is 1. The number of nitrogens with one attached hydrogen (secondary N) is 1. The number of rotatable bonds is 7. The van der Waals surface area contributed by atoms with Crippen LogP contribution < -0.4 is 19.1 Å². The maximum absolute atomic E-state index is 13.6. The number of hydrogen-bond donors (Lipinski definition) is 1. The molecule has 2 aromatic carbocycles. The predicted octanol–water partition coefficient (Wildman–Crippen LogP) is 2.78. The van der Waals surface area contributed by atoms with Crippen molar-refractivity contribution in [2.24, 2.45) is 0 Å². The van der Waals surface area contributed by atoms with Crippen LogP contribution in [0.15, 0.2) is 36.4 Å². The van der Waals surface area contributed by atoms with Crippen LogP contribution in [0, 0.1) is 11.6 Å². The van der Waals surface area contributed by atoms with Crippen molar-refractivity contribution in [3.8, 4) is 11.5 Å². The van der Waals surface area contributed by atoms with E-state index in [0.717, 1.165) is 18.4 Å². The van der Waals surface area contributed by atoms with E-state index in [1.165, 1.54) is 27.2 Å². The summed E-state index contributed by atoms with van der Waals surface area (Å²) in [6.45, 7) is 1.33. The molecule has 152 valence electrons. The molecule has 0 radical (unpaired) electrons. The molecule has 0 aromatic heterocycles. The molecule has 0 aliphatic carbocycles. The molecule has 0 saturated carbocycles. The van der Waals surface area contributed by atoms with E-state index in [0.29, 0.717) is 27.6 Å². The van der Waals surface area contributed by atoms with Crippen LogP contribution in [-0.4, -0.2) is 40.8 Å². The Hall–Kier alpha value is -2.88. The van der Waals surface area contributed by atoms with Gasteiger partial charge in [0.15, 0.2) is 11.6 Å². The largest absolute Gasteiger partial charge is 0.497 e. The van der Waals surface area contributed by atoms with Crippen LogP contribution >= 0.6 is 0 Å². The molecule has 0 fully saturated rings. The number of hydrogen-bond acceptors (Lipinski definition) is 5. The molecular weight excluding hydrogens is 394 g/mol. The fourth-order valence-corrected chi connectivity index (χ4v) is 3.74. The number of amides is 1. The van der Waals surface area contributed by atoms with Gasteiger partial charge >= 0.3 is 0 Å². The Labute approximate surface area is 161 Å². The summed E-state index contributed by atoms with van der Waals surface area (Å²) >= 11 is 0. The molecule has 28 heavy (non-hydrogen) atoms. The van der Waals surface area contributed by atoms with Gasteiger partial charge in [0.25, 0.3) is 0 Å². The first-order valence-electron chi connectivity index (χ1n) is 8.05. The fraction of sp³-hybridized carbons (Fsp3) is 0.278. The summed E-state index contributed by atoms with van der Waals surface area (Å²) in [5.41, 5.74) is 0.115. The first-order chi connectivity index (χ1) is 13.1. The van der Waals surface area contributed by atoms with Crippen LogP contribution in [0.4, 0.5) is 20.2 Å². The number of carbonyl (C=O) groups excluding carboxylic acids is 1. The third kappa shape index (κ3) is 4.69. The average Bonchev–Trinajstić information content (AvgIpc) is 2.63. The summed E-state index contributed by atoms with van der Waals surface area (Å²) in [4.78, 5) is 12.7. The quantitative estimate of drug-likeness (QED) is 0.753. The number of ether oxygens (including phenoxy) is 2. The standard InChI is InChI=1S/C18H20F2N2O5S/c1-11(18(23)21-16-8-6-13(26-2)10-17(16)27-3)22(28(4,24)25)12-5-7-14(19)15(20)9-12/h5-11H,1-4H3,(H,21,23)/t11-/m0/s1. The molecule has 0 saturated heterocycles. The lowest BCUT2D eigenvalue weighted by Gasteiger charge is -2.28. The molecule has 2 rings (SSSR count). The molecule has 1 amide bonds. The van der Waals surface area contributed by atoms with Gasteiger partial charge in [0.05, 0.1) is 31.9 Å². The highest BCUT2D eigenvalue weighted by Gasteiger charge is 2.30.